The Kier molecular flexibility index (Phi) is 4.27. The summed E-state index contributed by atoms with van der Waals surface area (Å²) >= 11 is 1.72. The quantitative estimate of drug-likeness (QED) is 0.907. The molecule has 1 aromatic carbocycles. The van der Waals surface area contributed by atoms with Crippen LogP contribution < -0.4 is 0 Å². The molecule has 0 aliphatic carbocycles. The molecule has 0 aliphatic heterocycles. The van der Waals surface area contributed by atoms with Crippen LogP contribution >= 0.6 is 11.8 Å². The van der Waals surface area contributed by atoms with Gasteiger partial charge in [0.05, 0.1) is 11.3 Å². The van der Waals surface area contributed by atoms with Crippen LogP contribution in [-0.4, -0.2) is 16.2 Å². The molecule has 0 unspecified atom stereocenters. The van der Waals surface area contributed by atoms with Crippen LogP contribution in [0.2, 0.25) is 0 Å². The molecule has 2 aromatic rings. The second-order valence-corrected chi connectivity index (χ2v) is 5.29. The van der Waals surface area contributed by atoms with Crippen molar-refractivity contribution in [3.63, 3.8) is 0 Å². The lowest BCUT2D eigenvalue weighted by Gasteiger charge is -2.03. The van der Waals surface area contributed by atoms with Gasteiger partial charge in [0.15, 0.2) is 0 Å². The molecule has 100 valence electrons. The summed E-state index contributed by atoms with van der Waals surface area (Å²) in [5, 5.41) is 12.8. The number of carboxylic acids is 1. The zero-order chi connectivity index (χ0) is 13.8. The van der Waals surface area contributed by atoms with Gasteiger partial charge >= 0.3 is 5.97 Å². The normalized spacial score (nSPS) is 10.6. The average Bonchev–Trinajstić information content (AvgIpc) is 2.71. The Morgan fingerprint density at radius 2 is 2.16 bits per heavy atom. The van der Waals surface area contributed by atoms with Gasteiger partial charge in [0.1, 0.15) is 5.76 Å². The molecule has 0 aliphatic rings. The number of rotatable bonds is 5. The van der Waals surface area contributed by atoms with Crippen molar-refractivity contribution in [3.8, 4) is 0 Å². The van der Waals surface area contributed by atoms with Gasteiger partial charge in [0, 0.05) is 17.1 Å². The van der Waals surface area contributed by atoms with E-state index in [0.717, 1.165) is 34.1 Å². The van der Waals surface area contributed by atoms with Crippen molar-refractivity contribution in [3.05, 3.63) is 52.4 Å². The van der Waals surface area contributed by atoms with Crippen molar-refractivity contribution >= 4 is 17.7 Å². The highest BCUT2D eigenvalue weighted by atomic mass is 32.2. The summed E-state index contributed by atoms with van der Waals surface area (Å²) in [6, 6.07) is 7.02. The maximum atomic E-state index is 10.9. The molecule has 5 heteroatoms. The summed E-state index contributed by atoms with van der Waals surface area (Å²) in [7, 11) is 0. The number of aryl methyl sites for hydroxylation is 2. The first kappa shape index (κ1) is 13.7. The highest BCUT2D eigenvalue weighted by Gasteiger charge is 2.09. The second-order valence-electron chi connectivity index (χ2n) is 4.30. The van der Waals surface area contributed by atoms with E-state index in [1.165, 1.54) is 0 Å². The van der Waals surface area contributed by atoms with Gasteiger partial charge in [-0.1, -0.05) is 17.3 Å². The van der Waals surface area contributed by atoms with Crippen molar-refractivity contribution in [2.24, 2.45) is 0 Å². The minimum atomic E-state index is -0.891. The molecule has 0 saturated carbocycles. The van der Waals surface area contributed by atoms with E-state index in [1.807, 2.05) is 19.9 Å². The summed E-state index contributed by atoms with van der Waals surface area (Å²) < 4.78 is 5.11. The van der Waals surface area contributed by atoms with E-state index in [2.05, 4.69) is 5.16 Å². The minimum Gasteiger partial charge on any atom is -0.478 e. The second kappa shape index (κ2) is 5.93. The van der Waals surface area contributed by atoms with Crippen LogP contribution in [0.4, 0.5) is 0 Å². The van der Waals surface area contributed by atoms with E-state index >= 15 is 0 Å². The average molecular weight is 277 g/mol. The van der Waals surface area contributed by atoms with Gasteiger partial charge in [-0.05, 0) is 31.5 Å². The van der Waals surface area contributed by atoms with E-state index in [-0.39, 0.29) is 0 Å². The number of benzene rings is 1. The summed E-state index contributed by atoms with van der Waals surface area (Å²) in [6.07, 6.45) is 0. The highest BCUT2D eigenvalue weighted by molar-refractivity contribution is 7.97. The van der Waals surface area contributed by atoms with Crippen LogP contribution in [0.25, 0.3) is 0 Å². The third-order valence-electron chi connectivity index (χ3n) is 2.87. The predicted octanol–water partition coefficient (Wildman–Crippen LogP) is 3.42. The van der Waals surface area contributed by atoms with E-state index in [4.69, 9.17) is 9.63 Å². The van der Waals surface area contributed by atoms with Gasteiger partial charge < -0.3 is 9.63 Å². The number of carbonyl (C=O) groups is 1. The van der Waals surface area contributed by atoms with Crippen molar-refractivity contribution in [1.82, 2.24) is 5.16 Å². The summed E-state index contributed by atoms with van der Waals surface area (Å²) in [4.78, 5) is 10.9. The monoisotopic (exact) mass is 277 g/mol. The fourth-order valence-corrected chi connectivity index (χ4v) is 2.91. The lowest BCUT2D eigenvalue weighted by atomic mass is 10.1. The van der Waals surface area contributed by atoms with Gasteiger partial charge in [-0.15, -0.1) is 0 Å². The maximum absolute atomic E-state index is 10.9. The lowest BCUT2D eigenvalue weighted by molar-refractivity contribution is 0.0697. The zero-order valence-corrected chi connectivity index (χ0v) is 11.7. The Labute approximate surface area is 115 Å². The first-order valence-corrected chi connectivity index (χ1v) is 7.05. The number of thioether (sulfide) groups is 1. The molecular weight excluding hydrogens is 262 g/mol. The molecule has 2 rings (SSSR count). The molecule has 0 bridgehead atoms. The topological polar surface area (TPSA) is 63.3 Å². The summed E-state index contributed by atoms with van der Waals surface area (Å²) in [5.74, 6) is 1.55. The molecule has 1 aromatic heterocycles. The number of hydrogen-bond acceptors (Lipinski definition) is 4. The Morgan fingerprint density at radius 1 is 1.37 bits per heavy atom. The number of aromatic carboxylic acids is 1. The van der Waals surface area contributed by atoms with Crippen LogP contribution in [0.3, 0.4) is 0 Å². The molecular formula is C14H15NO3S. The first-order valence-electron chi connectivity index (χ1n) is 5.89. The van der Waals surface area contributed by atoms with Crippen molar-refractivity contribution < 1.29 is 14.4 Å². The zero-order valence-electron chi connectivity index (χ0n) is 10.8. The standard InChI is InChI=1S/C14H15NO3S/c1-9-13(10(2)18-15-9)8-19-7-11-4-3-5-12(6-11)14(16)17/h3-6H,7-8H2,1-2H3,(H,16,17). The Bertz CT molecular complexity index is 573. The number of hydrogen-bond donors (Lipinski definition) is 1. The van der Waals surface area contributed by atoms with Gasteiger partial charge in [0.25, 0.3) is 0 Å². The molecule has 1 heterocycles. The van der Waals surface area contributed by atoms with E-state index in [9.17, 15) is 4.79 Å². The minimum absolute atomic E-state index is 0.329. The fourth-order valence-electron chi connectivity index (χ4n) is 1.77. The van der Waals surface area contributed by atoms with Crippen LogP contribution in [0.1, 0.15) is 32.9 Å². The fraction of sp³-hybridized carbons (Fsp3) is 0.286. The smallest absolute Gasteiger partial charge is 0.335 e. The molecule has 0 radical (unpaired) electrons. The van der Waals surface area contributed by atoms with Gasteiger partial charge in [-0.2, -0.15) is 11.8 Å². The summed E-state index contributed by atoms with van der Waals surface area (Å²) in [6.45, 7) is 3.83. The number of carboxylic acid groups (broad SMARTS) is 1. The third kappa shape index (κ3) is 3.38. The molecule has 0 fully saturated rings. The summed E-state index contributed by atoms with van der Waals surface area (Å²) in [5.41, 5.74) is 3.38. The number of aromatic nitrogens is 1. The lowest BCUT2D eigenvalue weighted by Crippen LogP contribution is -1.96. The van der Waals surface area contributed by atoms with Gasteiger partial charge in [-0.3, -0.25) is 0 Å². The Hall–Kier alpha value is -1.75. The third-order valence-corrected chi connectivity index (χ3v) is 3.90. The van der Waals surface area contributed by atoms with Crippen LogP contribution in [0.5, 0.6) is 0 Å². The van der Waals surface area contributed by atoms with Gasteiger partial charge in [0.2, 0.25) is 0 Å². The van der Waals surface area contributed by atoms with Crippen LogP contribution in [0, 0.1) is 13.8 Å². The van der Waals surface area contributed by atoms with Crippen molar-refractivity contribution in [2.45, 2.75) is 25.4 Å². The first-order chi connectivity index (χ1) is 9.08. The molecule has 0 amide bonds. The Balaban J connectivity index is 1.96. The SMILES string of the molecule is Cc1noc(C)c1CSCc1cccc(C(=O)O)c1. The highest BCUT2D eigenvalue weighted by Crippen LogP contribution is 2.22. The Morgan fingerprint density at radius 3 is 2.79 bits per heavy atom. The van der Waals surface area contributed by atoms with Crippen LogP contribution in [-0.2, 0) is 11.5 Å². The number of nitrogens with zero attached hydrogens (tertiary/aromatic N) is 1. The van der Waals surface area contributed by atoms with Crippen molar-refractivity contribution in [2.75, 3.05) is 0 Å². The van der Waals surface area contributed by atoms with E-state index < -0.39 is 5.97 Å². The van der Waals surface area contributed by atoms with Crippen molar-refractivity contribution in [1.29, 1.82) is 0 Å². The molecule has 1 N–H and O–H groups in total. The molecule has 0 atom stereocenters. The molecule has 0 spiro atoms. The molecule has 19 heavy (non-hydrogen) atoms. The largest absolute Gasteiger partial charge is 0.478 e. The maximum Gasteiger partial charge on any atom is 0.335 e. The molecule has 4 nitrogen and oxygen atoms in total. The van der Waals surface area contributed by atoms with Gasteiger partial charge in [-0.25, -0.2) is 4.79 Å². The predicted molar refractivity (Wildman–Crippen MR) is 74.4 cm³/mol. The van der Waals surface area contributed by atoms with E-state index in [1.54, 1.807) is 30.0 Å². The van der Waals surface area contributed by atoms with E-state index in [0.29, 0.717) is 5.56 Å². The van der Waals surface area contributed by atoms with Crippen LogP contribution in [0.15, 0.2) is 28.8 Å². The molecule has 0 saturated heterocycles.